The van der Waals surface area contributed by atoms with E-state index in [1.54, 1.807) is 0 Å². The Balaban J connectivity index is 1.91. The number of hydrogen-bond donors (Lipinski definition) is 1. The van der Waals surface area contributed by atoms with E-state index in [4.69, 9.17) is 4.74 Å². The molecular formula is C13H20BrN3O. The van der Waals surface area contributed by atoms with Crippen molar-refractivity contribution in [1.29, 1.82) is 0 Å². The van der Waals surface area contributed by atoms with Gasteiger partial charge in [0.25, 0.3) is 0 Å². The summed E-state index contributed by atoms with van der Waals surface area (Å²) in [7, 11) is 0. The topological polar surface area (TPSA) is 47.0 Å². The summed E-state index contributed by atoms with van der Waals surface area (Å²) in [5, 5.41) is 3.39. The molecule has 1 atom stereocenters. The number of nitrogens with zero attached hydrogens (tertiary/aromatic N) is 2. The van der Waals surface area contributed by atoms with E-state index in [9.17, 15) is 0 Å². The number of aromatic nitrogens is 2. The van der Waals surface area contributed by atoms with Crippen LogP contribution in [0.4, 0.5) is 5.82 Å². The fraction of sp³-hybridized carbons (Fsp3) is 0.692. The quantitative estimate of drug-likeness (QED) is 0.849. The van der Waals surface area contributed by atoms with Crippen LogP contribution in [0.2, 0.25) is 0 Å². The molecule has 1 saturated heterocycles. The Morgan fingerprint density at radius 1 is 1.50 bits per heavy atom. The minimum absolute atomic E-state index is 0.599. The molecule has 5 heteroatoms. The summed E-state index contributed by atoms with van der Waals surface area (Å²) in [5.41, 5.74) is 0. The summed E-state index contributed by atoms with van der Waals surface area (Å²) >= 11 is 3.43. The average Bonchev–Trinajstić information content (AvgIpc) is 2.37. The molecule has 2 heterocycles. The van der Waals surface area contributed by atoms with Crippen molar-refractivity contribution in [3.8, 4) is 0 Å². The van der Waals surface area contributed by atoms with Crippen molar-refractivity contribution in [2.75, 3.05) is 25.1 Å². The van der Waals surface area contributed by atoms with Gasteiger partial charge in [-0.25, -0.2) is 9.97 Å². The first-order chi connectivity index (χ1) is 8.78. The average molecular weight is 314 g/mol. The number of halogens is 1. The van der Waals surface area contributed by atoms with E-state index in [-0.39, 0.29) is 0 Å². The first kappa shape index (κ1) is 13.7. The Morgan fingerprint density at radius 2 is 2.39 bits per heavy atom. The van der Waals surface area contributed by atoms with Crippen LogP contribution in [0.25, 0.3) is 0 Å². The van der Waals surface area contributed by atoms with Gasteiger partial charge in [-0.2, -0.15) is 0 Å². The normalized spacial score (nSPS) is 19.8. The molecule has 4 nitrogen and oxygen atoms in total. The van der Waals surface area contributed by atoms with Gasteiger partial charge in [0, 0.05) is 25.6 Å². The smallest absolute Gasteiger partial charge is 0.132 e. The maximum Gasteiger partial charge on any atom is 0.132 e. The Bertz CT molecular complexity index is 380. The van der Waals surface area contributed by atoms with E-state index in [0.717, 1.165) is 48.8 Å². The van der Waals surface area contributed by atoms with Gasteiger partial charge in [0.05, 0.1) is 6.61 Å². The SMILES string of the molecule is CCCc1nc(Br)cc(NCC2CCCOC2)n1. The van der Waals surface area contributed by atoms with E-state index in [1.165, 1.54) is 12.8 Å². The van der Waals surface area contributed by atoms with Crippen LogP contribution in [-0.4, -0.2) is 29.7 Å². The van der Waals surface area contributed by atoms with Gasteiger partial charge in [-0.05, 0) is 41.1 Å². The fourth-order valence-electron chi connectivity index (χ4n) is 2.11. The van der Waals surface area contributed by atoms with Crippen molar-refractivity contribution >= 4 is 21.7 Å². The van der Waals surface area contributed by atoms with Crippen LogP contribution in [0, 0.1) is 5.92 Å². The molecule has 0 spiro atoms. The number of ether oxygens (including phenoxy) is 1. The largest absolute Gasteiger partial charge is 0.381 e. The molecule has 1 aliphatic rings. The summed E-state index contributed by atoms with van der Waals surface area (Å²) in [6.07, 6.45) is 4.38. The lowest BCUT2D eigenvalue weighted by atomic mass is 10.0. The molecule has 1 aliphatic heterocycles. The minimum atomic E-state index is 0.599. The van der Waals surface area contributed by atoms with Crippen LogP contribution in [0.15, 0.2) is 10.7 Å². The van der Waals surface area contributed by atoms with E-state index in [2.05, 4.69) is 38.1 Å². The summed E-state index contributed by atoms with van der Waals surface area (Å²) in [6.45, 7) is 4.84. The molecule has 0 radical (unpaired) electrons. The number of hydrogen-bond acceptors (Lipinski definition) is 4. The third-order valence-electron chi connectivity index (χ3n) is 3.04. The van der Waals surface area contributed by atoms with Gasteiger partial charge in [0.2, 0.25) is 0 Å². The lowest BCUT2D eigenvalue weighted by Crippen LogP contribution is -2.24. The second kappa shape index (κ2) is 7.04. The van der Waals surface area contributed by atoms with Crippen LogP contribution < -0.4 is 5.32 Å². The molecule has 1 aromatic rings. The van der Waals surface area contributed by atoms with Crippen LogP contribution in [0.3, 0.4) is 0 Å². The molecule has 0 aromatic carbocycles. The molecule has 1 aromatic heterocycles. The highest BCUT2D eigenvalue weighted by Crippen LogP contribution is 2.17. The van der Waals surface area contributed by atoms with E-state index in [1.807, 2.05) is 6.07 Å². The molecule has 0 saturated carbocycles. The Labute approximate surface area is 117 Å². The third kappa shape index (κ3) is 4.21. The molecule has 0 amide bonds. The molecule has 2 rings (SSSR count). The van der Waals surface area contributed by atoms with Gasteiger partial charge < -0.3 is 10.1 Å². The molecular weight excluding hydrogens is 294 g/mol. The summed E-state index contributed by atoms with van der Waals surface area (Å²) < 4.78 is 6.32. The first-order valence-corrected chi connectivity index (χ1v) is 7.42. The van der Waals surface area contributed by atoms with Crippen LogP contribution in [-0.2, 0) is 11.2 Å². The highest BCUT2D eigenvalue weighted by Gasteiger charge is 2.13. The Hall–Kier alpha value is -0.680. The van der Waals surface area contributed by atoms with E-state index in [0.29, 0.717) is 5.92 Å². The maximum absolute atomic E-state index is 5.47. The van der Waals surface area contributed by atoms with Crippen LogP contribution >= 0.6 is 15.9 Å². The summed E-state index contributed by atoms with van der Waals surface area (Å²) in [4.78, 5) is 8.87. The molecule has 0 bridgehead atoms. The molecule has 1 N–H and O–H groups in total. The molecule has 1 unspecified atom stereocenters. The predicted octanol–water partition coefficient (Wildman–Crippen LogP) is 3.03. The molecule has 1 fully saturated rings. The zero-order valence-corrected chi connectivity index (χ0v) is 12.4. The highest BCUT2D eigenvalue weighted by atomic mass is 79.9. The number of anilines is 1. The van der Waals surface area contributed by atoms with Crippen molar-refractivity contribution in [3.05, 3.63) is 16.5 Å². The van der Waals surface area contributed by atoms with Crippen molar-refractivity contribution < 1.29 is 4.74 Å². The standard InChI is InChI=1S/C13H20BrN3O/c1-2-4-12-16-11(14)7-13(17-12)15-8-10-5-3-6-18-9-10/h7,10H,2-6,8-9H2,1H3,(H,15,16,17). The Kier molecular flexibility index (Phi) is 5.38. The predicted molar refractivity (Wildman–Crippen MR) is 75.8 cm³/mol. The second-order valence-electron chi connectivity index (χ2n) is 4.71. The van der Waals surface area contributed by atoms with Crippen molar-refractivity contribution in [2.45, 2.75) is 32.6 Å². The lowest BCUT2D eigenvalue weighted by Gasteiger charge is -2.22. The van der Waals surface area contributed by atoms with Crippen molar-refractivity contribution in [2.24, 2.45) is 5.92 Å². The van der Waals surface area contributed by atoms with E-state index >= 15 is 0 Å². The number of nitrogens with one attached hydrogen (secondary N) is 1. The van der Waals surface area contributed by atoms with Gasteiger partial charge in [0.15, 0.2) is 0 Å². The monoisotopic (exact) mass is 313 g/mol. The van der Waals surface area contributed by atoms with Gasteiger partial charge in [-0.15, -0.1) is 0 Å². The highest BCUT2D eigenvalue weighted by molar-refractivity contribution is 9.10. The first-order valence-electron chi connectivity index (χ1n) is 6.63. The number of rotatable bonds is 5. The summed E-state index contributed by atoms with van der Waals surface area (Å²) in [6, 6.07) is 1.93. The van der Waals surface area contributed by atoms with Gasteiger partial charge in [0.1, 0.15) is 16.2 Å². The lowest BCUT2D eigenvalue weighted by molar-refractivity contribution is 0.0595. The minimum Gasteiger partial charge on any atom is -0.381 e. The van der Waals surface area contributed by atoms with Crippen LogP contribution in [0.1, 0.15) is 32.0 Å². The fourth-order valence-corrected chi connectivity index (χ4v) is 2.53. The van der Waals surface area contributed by atoms with Crippen molar-refractivity contribution in [1.82, 2.24) is 9.97 Å². The van der Waals surface area contributed by atoms with Crippen molar-refractivity contribution in [3.63, 3.8) is 0 Å². The molecule has 18 heavy (non-hydrogen) atoms. The van der Waals surface area contributed by atoms with Crippen LogP contribution in [0.5, 0.6) is 0 Å². The second-order valence-corrected chi connectivity index (χ2v) is 5.52. The number of aryl methyl sites for hydroxylation is 1. The van der Waals surface area contributed by atoms with Gasteiger partial charge in [-0.1, -0.05) is 6.92 Å². The zero-order chi connectivity index (χ0) is 12.8. The third-order valence-corrected chi connectivity index (χ3v) is 3.45. The van der Waals surface area contributed by atoms with Gasteiger partial charge in [-0.3, -0.25) is 0 Å². The van der Waals surface area contributed by atoms with Gasteiger partial charge >= 0.3 is 0 Å². The maximum atomic E-state index is 5.47. The molecule has 0 aliphatic carbocycles. The summed E-state index contributed by atoms with van der Waals surface area (Å²) in [5.74, 6) is 2.40. The Morgan fingerprint density at radius 3 is 3.11 bits per heavy atom. The zero-order valence-electron chi connectivity index (χ0n) is 10.8. The van der Waals surface area contributed by atoms with E-state index < -0.39 is 0 Å². The molecule has 100 valence electrons.